The Morgan fingerprint density at radius 1 is 1.38 bits per heavy atom. The fourth-order valence-electron chi connectivity index (χ4n) is 1.74. The molecular formula is C13H21N3O4S. The van der Waals surface area contributed by atoms with Crippen LogP contribution < -0.4 is 15.4 Å². The van der Waals surface area contributed by atoms with Crippen LogP contribution in [0.1, 0.15) is 17.3 Å². The van der Waals surface area contributed by atoms with E-state index < -0.39 is 10.0 Å². The van der Waals surface area contributed by atoms with Crippen molar-refractivity contribution in [2.45, 2.75) is 11.8 Å². The van der Waals surface area contributed by atoms with Crippen molar-refractivity contribution in [1.82, 2.24) is 5.32 Å². The Morgan fingerprint density at radius 2 is 2.05 bits per heavy atom. The Morgan fingerprint density at radius 3 is 2.57 bits per heavy atom. The molecule has 118 valence electrons. The molecule has 0 atom stereocenters. The lowest BCUT2D eigenvalue weighted by Gasteiger charge is -2.17. The third-order valence-electron chi connectivity index (χ3n) is 2.75. The van der Waals surface area contributed by atoms with E-state index in [1.165, 1.54) is 6.07 Å². The molecule has 0 saturated heterocycles. The average molecular weight is 315 g/mol. The van der Waals surface area contributed by atoms with Gasteiger partial charge in [-0.3, -0.25) is 4.79 Å². The van der Waals surface area contributed by atoms with Crippen LogP contribution in [0.25, 0.3) is 0 Å². The summed E-state index contributed by atoms with van der Waals surface area (Å²) in [5.74, 6) is -0.370. The average Bonchev–Trinajstić information content (AvgIpc) is 2.41. The zero-order valence-corrected chi connectivity index (χ0v) is 13.2. The number of hydrogen-bond acceptors (Lipinski definition) is 5. The van der Waals surface area contributed by atoms with E-state index in [2.05, 4.69) is 5.32 Å². The van der Waals surface area contributed by atoms with Crippen molar-refractivity contribution in [3.05, 3.63) is 23.8 Å². The second-order valence-corrected chi connectivity index (χ2v) is 6.10. The second kappa shape index (κ2) is 7.39. The second-order valence-electron chi connectivity index (χ2n) is 4.57. The molecule has 1 rings (SSSR count). The predicted octanol–water partition coefficient (Wildman–Crippen LogP) is 0.166. The van der Waals surface area contributed by atoms with Crippen LogP contribution in [0, 0.1) is 0 Å². The van der Waals surface area contributed by atoms with Gasteiger partial charge in [-0.2, -0.15) is 0 Å². The van der Waals surface area contributed by atoms with Gasteiger partial charge < -0.3 is 15.0 Å². The smallest absolute Gasteiger partial charge is 0.251 e. The van der Waals surface area contributed by atoms with E-state index in [9.17, 15) is 13.2 Å². The van der Waals surface area contributed by atoms with E-state index in [-0.39, 0.29) is 16.4 Å². The molecule has 0 saturated carbocycles. The first-order chi connectivity index (χ1) is 9.77. The van der Waals surface area contributed by atoms with Gasteiger partial charge in [0.25, 0.3) is 5.91 Å². The van der Waals surface area contributed by atoms with Crippen LogP contribution in [0.15, 0.2) is 23.1 Å². The zero-order chi connectivity index (χ0) is 16.0. The summed E-state index contributed by atoms with van der Waals surface area (Å²) in [6.45, 7) is 3.19. The molecule has 0 heterocycles. The summed E-state index contributed by atoms with van der Waals surface area (Å²) in [4.78, 5) is 13.5. The topological polar surface area (TPSA) is 102 Å². The molecule has 1 aromatic rings. The molecule has 1 aromatic carbocycles. The zero-order valence-electron chi connectivity index (χ0n) is 12.4. The molecule has 0 radical (unpaired) electrons. The number of nitrogens with two attached hydrogens (primary N) is 1. The largest absolute Gasteiger partial charge is 0.380 e. The first-order valence-corrected chi connectivity index (χ1v) is 8.02. The van der Waals surface area contributed by atoms with Gasteiger partial charge in [0.05, 0.1) is 12.3 Å². The van der Waals surface area contributed by atoms with Crippen molar-refractivity contribution >= 4 is 21.6 Å². The number of primary sulfonamides is 1. The minimum absolute atomic E-state index is 0.0787. The standard InChI is InChI=1S/C13H21N3O4S/c1-4-20-8-7-15-13(17)10-5-6-11(16(2)3)12(9-10)21(14,18)19/h5-6,9H,4,7-8H2,1-3H3,(H,15,17)(H2,14,18,19). The quantitative estimate of drug-likeness (QED) is 0.698. The van der Waals surface area contributed by atoms with E-state index in [0.29, 0.717) is 25.4 Å². The Labute approximate surface area is 125 Å². The molecule has 0 aliphatic rings. The number of hydrogen-bond donors (Lipinski definition) is 2. The highest BCUT2D eigenvalue weighted by atomic mass is 32.2. The summed E-state index contributed by atoms with van der Waals surface area (Å²) in [5, 5.41) is 7.85. The van der Waals surface area contributed by atoms with Gasteiger partial charge in [-0.25, -0.2) is 13.6 Å². The fourth-order valence-corrected chi connectivity index (χ4v) is 2.57. The lowest BCUT2D eigenvalue weighted by molar-refractivity contribution is 0.0922. The van der Waals surface area contributed by atoms with E-state index in [4.69, 9.17) is 9.88 Å². The summed E-state index contributed by atoms with van der Waals surface area (Å²) in [6.07, 6.45) is 0. The normalized spacial score (nSPS) is 11.2. The van der Waals surface area contributed by atoms with Gasteiger partial charge in [-0.15, -0.1) is 0 Å². The third kappa shape index (κ3) is 5.00. The summed E-state index contributed by atoms with van der Waals surface area (Å²) < 4.78 is 28.4. The summed E-state index contributed by atoms with van der Waals surface area (Å²) in [5.41, 5.74) is 0.671. The first kappa shape index (κ1) is 17.4. The van der Waals surface area contributed by atoms with E-state index >= 15 is 0 Å². The molecule has 0 aliphatic heterocycles. The number of nitrogens with one attached hydrogen (secondary N) is 1. The molecule has 7 nitrogen and oxygen atoms in total. The highest BCUT2D eigenvalue weighted by Gasteiger charge is 2.18. The molecule has 0 fully saturated rings. The number of amides is 1. The van der Waals surface area contributed by atoms with Crippen LogP contribution in [0.4, 0.5) is 5.69 Å². The van der Waals surface area contributed by atoms with Gasteiger partial charge in [-0.05, 0) is 25.1 Å². The van der Waals surface area contributed by atoms with Crippen molar-refractivity contribution in [3.8, 4) is 0 Å². The summed E-state index contributed by atoms with van der Waals surface area (Å²) in [7, 11) is -0.510. The maximum atomic E-state index is 12.0. The van der Waals surface area contributed by atoms with Crippen LogP contribution >= 0.6 is 0 Å². The van der Waals surface area contributed by atoms with Gasteiger partial charge in [0, 0.05) is 32.8 Å². The molecule has 0 bridgehead atoms. The Bertz CT molecular complexity index is 599. The fraction of sp³-hybridized carbons (Fsp3) is 0.462. The van der Waals surface area contributed by atoms with Gasteiger partial charge >= 0.3 is 0 Å². The molecule has 0 spiro atoms. The molecule has 8 heteroatoms. The summed E-state index contributed by atoms with van der Waals surface area (Å²) in [6, 6.07) is 4.39. The monoisotopic (exact) mass is 315 g/mol. The minimum Gasteiger partial charge on any atom is -0.380 e. The molecule has 21 heavy (non-hydrogen) atoms. The minimum atomic E-state index is -3.91. The molecule has 0 unspecified atom stereocenters. The number of sulfonamides is 1. The maximum absolute atomic E-state index is 12.0. The van der Waals surface area contributed by atoms with Crippen LogP contribution in [-0.4, -0.2) is 48.2 Å². The van der Waals surface area contributed by atoms with E-state index in [0.717, 1.165) is 0 Å². The number of carbonyl (C=O) groups is 1. The highest BCUT2D eigenvalue weighted by molar-refractivity contribution is 7.89. The third-order valence-corrected chi connectivity index (χ3v) is 3.69. The van der Waals surface area contributed by atoms with Crippen molar-refractivity contribution in [2.75, 3.05) is 38.8 Å². The molecule has 3 N–H and O–H groups in total. The predicted molar refractivity (Wildman–Crippen MR) is 81.0 cm³/mol. The number of rotatable bonds is 7. The van der Waals surface area contributed by atoms with Crippen molar-refractivity contribution < 1.29 is 17.9 Å². The van der Waals surface area contributed by atoms with Crippen LogP contribution in [-0.2, 0) is 14.8 Å². The van der Waals surface area contributed by atoms with Crippen LogP contribution in [0.3, 0.4) is 0 Å². The lowest BCUT2D eigenvalue weighted by Crippen LogP contribution is -2.28. The van der Waals surface area contributed by atoms with E-state index in [1.807, 2.05) is 6.92 Å². The lowest BCUT2D eigenvalue weighted by atomic mass is 10.2. The number of nitrogens with zero attached hydrogens (tertiary/aromatic N) is 1. The Kier molecular flexibility index (Phi) is 6.13. The molecular weight excluding hydrogens is 294 g/mol. The Balaban J connectivity index is 2.98. The van der Waals surface area contributed by atoms with E-state index in [1.54, 1.807) is 31.1 Å². The molecule has 1 amide bonds. The number of benzene rings is 1. The molecule has 0 aliphatic carbocycles. The van der Waals surface area contributed by atoms with Gasteiger partial charge in [-0.1, -0.05) is 0 Å². The maximum Gasteiger partial charge on any atom is 0.251 e. The van der Waals surface area contributed by atoms with Crippen LogP contribution in [0.2, 0.25) is 0 Å². The van der Waals surface area contributed by atoms with Crippen molar-refractivity contribution in [2.24, 2.45) is 5.14 Å². The number of ether oxygens (including phenoxy) is 1. The SMILES string of the molecule is CCOCCNC(=O)c1ccc(N(C)C)c(S(N)(=O)=O)c1. The Hall–Kier alpha value is -1.64. The van der Waals surface area contributed by atoms with Crippen molar-refractivity contribution in [1.29, 1.82) is 0 Å². The highest BCUT2D eigenvalue weighted by Crippen LogP contribution is 2.23. The van der Waals surface area contributed by atoms with Crippen LogP contribution in [0.5, 0.6) is 0 Å². The number of carbonyl (C=O) groups excluding carboxylic acids is 1. The first-order valence-electron chi connectivity index (χ1n) is 6.47. The van der Waals surface area contributed by atoms with Gasteiger partial charge in [0.2, 0.25) is 10.0 Å². The number of anilines is 1. The summed E-state index contributed by atoms with van der Waals surface area (Å²) >= 11 is 0. The van der Waals surface area contributed by atoms with Gasteiger partial charge in [0.1, 0.15) is 4.90 Å². The van der Waals surface area contributed by atoms with Crippen molar-refractivity contribution in [3.63, 3.8) is 0 Å². The molecule has 0 aromatic heterocycles. The van der Waals surface area contributed by atoms with Gasteiger partial charge in [0.15, 0.2) is 0 Å².